The molecular formula is C7H10F6O2. The van der Waals surface area contributed by atoms with Crippen LogP contribution in [0, 0.1) is 5.92 Å². The fourth-order valence-corrected chi connectivity index (χ4v) is 0.927. The molecule has 0 radical (unpaired) electrons. The Balaban J connectivity index is 5.13. The van der Waals surface area contributed by atoms with Gasteiger partial charge in [-0.05, 0) is 0 Å². The average Bonchev–Trinajstić information content (AvgIpc) is 2.11. The first-order valence-corrected chi connectivity index (χ1v) is 3.91. The molecule has 0 heterocycles. The zero-order valence-corrected chi connectivity index (χ0v) is 7.60. The summed E-state index contributed by atoms with van der Waals surface area (Å²) in [6.07, 6.45) is -13.4. The molecular weight excluding hydrogens is 230 g/mol. The summed E-state index contributed by atoms with van der Waals surface area (Å²) in [6, 6.07) is 0. The van der Waals surface area contributed by atoms with Crippen LogP contribution in [0.15, 0.2) is 0 Å². The van der Waals surface area contributed by atoms with E-state index in [0.29, 0.717) is 0 Å². The van der Waals surface area contributed by atoms with Gasteiger partial charge in [0.05, 0.1) is 0 Å². The van der Waals surface area contributed by atoms with E-state index < -0.39 is 36.9 Å². The highest BCUT2D eigenvalue weighted by Crippen LogP contribution is 2.41. The SMILES string of the molecule is CC(CO)C(F)C(O)(C(F)F)C(F)(F)F. The number of rotatable bonds is 4. The summed E-state index contributed by atoms with van der Waals surface area (Å²) in [4.78, 5) is 0. The number of aliphatic hydroxyl groups excluding tert-OH is 1. The third-order valence-electron chi connectivity index (χ3n) is 1.99. The Morgan fingerprint density at radius 1 is 1.13 bits per heavy atom. The van der Waals surface area contributed by atoms with Gasteiger partial charge in [-0.1, -0.05) is 6.92 Å². The molecule has 0 saturated carbocycles. The van der Waals surface area contributed by atoms with Crippen LogP contribution in [-0.4, -0.2) is 41.2 Å². The summed E-state index contributed by atoms with van der Waals surface area (Å²) in [7, 11) is 0. The minimum absolute atomic E-state index is 0.782. The van der Waals surface area contributed by atoms with Crippen LogP contribution in [0.3, 0.4) is 0 Å². The van der Waals surface area contributed by atoms with Crippen molar-refractivity contribution in [2.24, 2.45) is 5.92 Å². The second-order valence-electron chi connectivity index (χ2n) is 3.19. The second kappa shape index (κ2) is 4.56. The van der Waals surface area contributed by atoms with Crippen LogP contribution in [0.25, 0.3) is 0 Å². The van der Waals surface area contributed by atoms with Crippen LogP contribution in [-0.2, 0) is 0 Å². The molecule has 0 aliphatic heterocycles. The molecule has 0 saturated heterocycles. The first kappa shape index (κ1) is 14.5. The van der Waals surface area contributed by atoms with E-state index in [1.54, 1.807) is 0 Å². The van der Waals surface area contributed by atoms with Crippen LogP contribution < -0.4 is 0 Å². The summed E-state index contributed by atoms with van der Waals surface area (Å²) in [6.45, 7) is -0.296. The lowest BCUT2D eigenvalue weighted by atomic mass is 9.89. The topological polar surface area (TPSA) is 40.5 Å². The van der Waals surface area contributed by atoms with Crippen molar-refractivity contribution < 1.29 is 36.6 Å². The van der Waals surface area contributed by atoms with Gasteiger partial charge >= 0.3 is 6.18 Å². The summed E-state index contributed by atoms with van der Waals surface area (Å²) in [5, 5.41) is 17.0. The molecule has 3 atom stereocenters. The van der Waals surface area contributed by atoms with Crippen LogP contribution in [0.5, 0.6) is 0 Å². The van der Waals surface area contributed by atoms with Crippen LogP contribution in [0.4, 0.5) is 26.3 Å². The van der Waals surface area contributed by atoms with Crippen molar-refractivity contribution in [2.45, 2.75) is 31.3 Å². The molecule has 0 rings (SSSR count). The van der Waals surface area contributed by atoms with E-state index in [1.165, 1.54) is 0 Å². The van der Waals surface area contributed by atoms with Crippen molar-refractivity contribution >= 4 is 0 Å². The molecule has 0 spiro atoms. The van der Waals surface area contributed by atoms with Crippen molar-refractivity contribution in [3.8, 4) is 0 Å². The van der Waals surface area contributed by atoms with Gasteiger partial charge in [0.25, 0.3) is 12.0 Å². The lowest BCUT2D eigenvalue weighted by Gasteiger charge is -2.34. The summed E-state index contributed by atoms with van der Waals surface area (Å²) < 4.78 is 73.2. The van der Waals surface area contributed by atoms with Crippen molar-refractivity contribution in [1.29, 1.82) is 0 Å². The molecule has 0 amide bonds. The fourth-order valence-electron chi connectivity index (χ4n) is 0.927. The smallest absolute Gasteiger partial charge is 0.396 e. The van der Waals surface area contributed by atoms with E-state index in [9.17, 15) is 26.3 Å². The number of halogens is 6. The fraction of sp³-hybridized carbons (Fsp3) is 1.00. The number of hydrogen-bond donors (Lipinski definition) is 2. The van der Waals surface area contributed by atoms with Crippen molar-refractivity contribution in [3.63, 3.8) is 0 Å². The molecule has 15 heavy (non-hydrogen) atoms. The van der Waals surface area contributed by atoms with Crippen molar-refractivity contribution in [3.05, 3.63) is 0 Å². The molecule has 0 aromatic rings. The maximum Gasteiger partial charge on any atom is 0.425 e. The zero-order chi connectivity index (χ0) is 12.4. The highest BCUT2D eigenvalue weighted by molar-refractivity contribution is 4.98. The molecule has 0 aromatic heterocycles. The van der Waals surface area contributed by atoms with E-state index in [2.05, 4.69) is 0 Å². The average molecular weight is 240 g/mol. The van der Waals surface area contributed by atoms with Crippen LogP contribution >= 0.6 is 0 Å². The zero-order valence-electron chi connectivity index (χ0n) is 7.60. The molecule has 0 aromatic carbocycles. The molecule has 92 valence electrons. The van der Waals surface area contributed by atoms with E-state index in [0.717, 1.165) is 6.92 Å². The minimum Gasteiger partial charge on any atom is -0.396 e. The largest absolute Gasteiger partial charge is 0.425 e. The monoisotopic (exact) mass is 240 g/mol. The van der Waals surface area contributed by atoms with Crippen LogP contribution in [0.1, 0.15) is 6.92 Å². The third kappa shape index (κ3) is 2.54. The Hall–Kier alpha value is -0.500. The van der Waals surface area contributed by atoms with Gasteiger partial charge in [-0.3, -0.25) is 0 Å². The maximum atomic E-state index is 13.0. The number of hydrogen-bond acceptors (Lipinski definition) is 2. The Labute approximate surface area is 81.5 Å². The van der Waals surface area contributed by atoms with Gasteiger partial charge in [0.2, 0.25) is 0 Å². The maximum absolute atomic E-state index is 13.0. The second-order valence-corrected chi connectivity index (χ2v) is 3.19. The molecule has 2 nitrogen and oxygen atoms in total. The van der Waals surface area contributed by atoms with E-state index in [4.69, 9.17) is 10.2 Å². The molecule has 0 fully saturated rings. The highest BCUT2D eigenvalue weighted by atomic mass is 19.4. The van der Waals surface area contributed by atoms with Crippen LogP contribution in [0.2, 0.25) is 0 Å². The van der Waals surface area contributed by atoms with Crippen molar-refractivity contribution in [1.82, 2.24) is 0 Å². The first-order chi connectivity index (χ1) is 6.59. The first-order valence-electron chi connectivity index (χ1n) is 3.91. The Bertz CT molecular complexity index is 206. The van der Waals surface area contributed by atoms with E-state index in [-0.39, 0.29) is 0 Å². The van der Waals surface area contributed by atoms with Gasteiger partial charge in [0.1, 0.15) is 6.17 Å². The standard InChI is InChI=1S/C7H10F6O2/c1-3(2-14)4(8)6(15,5(9)10)7(11,12)13/h3-5,14-15H,2H2,1H3. The van der Waals surface area contributed by atoms with Gasteiger partial charge in [0, 0.05) is 12.5 Å². The van der Waals surface area contributed by atoms with Gasteiger partial charge in [-0.2, -0.15) is 13.2 Å². The van der Waals surface area contributed by atoms with Gasteiger partial charge < -0.3 is 10.2 Å². The molecule has 0 aliphatic rings. The molecule has 8 heteroatoms. The highest BCUT2D eigenvalue weighted by Gasteiger charge is 2.66. The molecule has 0 aliphatic carbocycles. The van der Waals surface area contributed by atoms with Crippen molar-refractivity contribution in [2.75, 3.05) is 6.61 Å². The third-order valence-corrected chi connectivity index (χ3v) is 1.99. The molecule has 0 bridgehead atoms. The normalized spacial score (nSPS) is 21.2. The van der Waals surface area contributed by atoms with E-state index >= 15 is 0 Å². The van der Waals surface area contributed by atoms with Gasteiger partial charge in [0.15, 0.2) is 0 Å². The Morgan fingerprint density at radius 3 is 1.73 bits per heavy atom. The predicted octanol–water partition coefficient (Wildman–Crippen LogP) is 1.51. The predicted molar refractivity (Wildman–Crippen MR) is 38.2 cm³/mol. The summed E-state index contributed by atoms with van der Waals surface area (Å²) in [5.41, 5.74) is -4.74. The summed E-state index contributed by atoms with van der Waals surface area (Å²) >= 11 is 0. The Kier molecular flexibility index (Phi) is 4.41. The van der Waals surface area contributed by atoms with E-state index in [1.807, 2.05) is 0 Å². The Morgan fingerprint density at radius 2 is 1.53 bits per heavy atom. The molecule has 2 N–H and O–H groups in total. The minimum atomic E-state index is -5.80. The summed E-state index contributed by atoms with van der Waals surface area (Å²) in [5.74, 6) is -1.74. The quantitative estimate of drug-likeness (QED) is 0.731. The van der Waals surface area contributed by atoms with Gasteiger partial charge in [-0.15, -0.1) is 0 Å². The lowest BCUT2D eigenvalue weighted by Crippen LogP contribution is -2.60. The number of aliphatic hydroxyl groups is 2. The number of alkyl halides is 6. The van der Waals surface area contributed by atoms with Gasteiger partial charge in [-0.25, -0.2) is 13.2 Å². The lowest BCUT2D eigenvalue weighted by molar-refractivity contribution is -0.323. The molecule has 3 unspecified atom stereocenters.